The van der Waals surface area contributed by atoms with Crippen LogP contribution in [-0.4, -0.2) is 32.1 Å². The van der Waals surface area contributed by atoms with Crippen LogP contribution in [0, 0.1) is 0 Å². The van der Waals surface area contributed by atoms with Crippen molar-refractivity contribution in [2.45, 2.75) is 13.0 Å². The summed E-state index contributed by atoms with van der Waals surface area (Å²) >= 11 is 0. The van der Waals surface area contributed by atoms with Gasteiger partial charge in [0.15, 0.2) is 6.10 Å². The maximum atomic E-state index is 12.7. The van der Waals surface area contributed by atoms with Gasteiger partial charge in [-0.1, -0.05) is 30.3 Å². The summed E-state index contributed by atoms with van der Waals surface area (Å²) in [6.07, 6.45) is -1.02. The molecule has 31 heavy (non-hydrogen) atoms. The van der Waals surface area contributed by atoms with Crippen LogP contribution in [0.4, 0.5) is 11.4 Å². The molecule has 0 bridgehead atoms. The summed E-state index contributed by atoms with van der Waals surface area (Å²) in [4.78, 5) is 25.2. The average Bonchev–Trinajstić information content (AvgIpc) is 3.15. The highest BCUT2D eigenvalue weighted by atomic mass is 16.5. The molecule has 4 rings (SSSR count). The highest BCUT2D eigenvalue weighted by Crippen LogP contribution is 2.36. The number of esters is 1. The van der Waals surface area contributed by atoms with Crippen LogP contribution in [0.2, 0.25) is 0 Å². The Morgan fingerprint density at radius 3 is 2.45 bits per heavy atom. The lowest BCUT2D eigenvalue weighted by Gasteiger charge is -2.16. The molecule has 4 aromatic rings. The Kier molecular flexibility index (Phi) is 5.49. The highest BCUT2D eigenvalue weighted by Gasteiger charge is 2.22. The first kappa shape index (κ1) is 20.3. The Morgan fingerprint density at radius 1 is 0.935 bits per heavy atom. The minimum absolute atomic E-state index is 0.353. The summed E-state index contributed by atoms with van der Waals surface area (Å²) in [5.41, 5.74) is 2.76. The lowest BCUT2D eigenvalue weighted by atomic mass is 10.1. The second-order valence-electron chi connectivity index (χ2n) is 6.98. The van der Waals surface area contributed by atoms with Gasteiger partial charge in [-0.2, -0.15) is 0 Å². The topological polar surface area (TPSA) is 89.8 Å². The average molecular weight is 418 g/mol. The molecule has 1 atom stereocenters. The number of carbonyl (C=O) groups is 2. The van der Waals surface area contributed by atoms with Gasteiger partial charge in [0, 0.05) is 29.6 Å². The van der Waals surface area contributed by atoms with Gasteiger partial charge in [-0.3, -0.25) is 4.79 Å². The van der Waals surface area contributed by atoms with Crippen LogP contribution in [0.25, 0.3) is 21.9 Å². The molecular formula is C24H22N2O5. The molecule has 0 aliphatic rings. The molecule has 1 aromatic heterocycles. The van der Waals surface area contributed by atoms with Crippen molar-refractivity contribution in [2.24, 2.45) is 0 Å². The number of para-hydroxylation sites is 2. The zero-order valence-corrected chi connectivity index (χ0v) is 17.4. The number of carbonyl (C=O) groups excluding carboxylic acids is 2. The number of benzene rings is 3. The van der Waals surface area contributed by atoms with E-state index in [1.807, 2.05) is 30.3 Å². The summed E-state index contributed by atoms with van der Waals surface area (Å²) in [6, 6.07) is 18.1. The Labute approximate surface area is 178 Å². The van der Waals surface area contributed by atoms with E-state index in [1.54, 1.807) is 37.4 Å². The monoisotopic (exact) mass is 418 g/mol. The molecule has 0 saturated heterocycles. The fraction of sp³-hybridized carbons (Fsp3) is 0.167. The first-order valence-electron chi connectivity index (χ1n) is 9.79. The van der Waals surface area contributed by atoms with Crippen LogP contribution in [0.5, 0.6) is 5.75 Å². The number of ether oxygens (including phenoxy) is 2. The van der Waals surface area contributed by atoms with Crippen molar-refractivity contribution in [3.05, 3.63) is 66.2 Å². The van der Waals surface area contributed by atoms with Crippen molar-refractivity contribution in [3.8, 4) is 5.75 Å². The molecule has 7 nitrogen and oxygen atoms in total. The Bertz CT molecular complexity index is 1280. The molecule has 0 fully saturated rings. The normalized spacial score (nSPS) is 11.8. The number of amides is 1. The van der Waals surface area contributed by atoms with Crippen molar-refractivity contribution >= 4 is 45.2 Å². The zero-order chi connectivity index (χ0) is 22.0. The fourth-order valence-corrected chi connectivity index (χ4v) is 3.41. The number of rotatable bonds is 6. The van der Waals surface area contributed by atoms with E-state index in [4.69, 9.17) is 13.9 Å². The van der Waals surface area contributed by atoms with E-state index >= 15 is 0 Å². The number of methoxy groups -OCH3 is 1. The van der Waals surface area contributed by atoms with E-state index in [1.165, 1.54) is 14.0 Å². The molecule has 0 aliphatic carbocycles. The first-order valence-corrected chi connectivity index (χ1v) is 9.79. The van der Waals surface area contributed by atoms with Crippen LogP contribution < -0.4 is 15.4 Å². The number of hydrogen-bond acceptors (Lipinski definition) is 6. The van der Waals surface area contributed by atoms with Crippen LogP contribution in [-0.2, 0) is 9.53 Å². The second kappa shape index (κ2) is 8.39. The molecule has 1 amide bonds. The van der Waals surface area contributed by atoms with Gasteiger partial charge in [0.2, 0.25) is 0 Å². The van der Waals surface area contributed by atoms with Gasteiger partial charge in [-0.25, -0.2) is 4.79 Å². The van der Waals surface area contributed by atoms with Crippen molar-refractivity contribution < 1.29 is 23.5 Å². The van der Waals surface area contributed by atoms with Gasteiger partial charge in [0.25, 0.3) is 5.91 Å². The smallest absolute Gasteiger partial charge is 0.341 e. The van der Waals surface area contributed by atoms with Crippen LogP contribution in [0.3, 0.4) is 0 Å². The quantitative estimate of drug-likeness (QED) is 0.436. The van der Waals surface area contributed by atoms with E-state index in [0.29, 0.717) is 28.3 Å². The maximum absolute atomic E-state index is 12.7. The van der Waals surface area contributed by atoms with Gasteiger partial charge in [0.05, 0.1) is 18.4 Å². The Morgan fingerprint density at radius 2 is 1.68 bits per heavy atom. The fourth-order valence-electron chi connectivity index (χ4n) is 3.41. The molecule has 0 spiro atoms. The van der Waals surface area contributed by atoms with E-state index in [2.05, 4.69) is 10.6 Å². The molecule has 158 valence electrons. The third kappa shape index (κ3) is 3.90. The van der Waals surface area contributed by atoms with E-state index in [0.717, 1.165) is 16.4 Å². The van der Waals surface area contributed by atoms with Crippen molar-refractivity contribution in [3.63, 3.8) is 0 Å². The molecule has 1 heterocycles. The largest absolute Gasteiger partial charge is 0.495 e. The third-order valence-electron chi connectivity index (χ3n) is 5.03. The molecule has 0 unspecified atom stereocenters. The number of anilines is 2. The first-order chi connectivity index (χ1) is 15.0. The zero-order valence-electron chi connectivity index (χ0n) is 17.4. The molecule has 0 saturated carbocycles. The van der Waals surface area contributed by atoms with Crippen LogP contribution in [0.15, 0.2) is 65.1 Å². The predicted octanol–water partition coefficient (Wildman–Crippen LogP) is 4.82. The molecule has 3 aromatic carbocycles. The Balaban J connectivity index is 1.55. The SMILES string of the molecule is CNc1ccccc1C(=O)O[C@H](C)C(=O)Nc1cc2oc3ccccc3c2cc1OC. The predicted molar refractivity (Wildman–Crippen MR) is 120 cm³/mol. The van der Waals surface area contributed by atoms with Crippen LogP contribution in [0.1, 0.15) is 17.3 Å². The summed E-state index contributed by atoms with van der Waals surface area (Å²) in [6.45, 7) is 1.52. The molecule has 0 aliphatic heterocycles. The van der Waals surface area contributed by atoms with E-state index in [9.17, 15) is 9.59 Å². The number of furan rings is 1. The standard InChI is InChI=1S/C24H22N2O5/c1-14(30-24(28)16-9-4-6-10-18(16)25-2)23(27)26-19-13-21-17(12-22(19)29-3)15-8-5-7-11-20(15)31-21/h4-14,25H,1-3H3,(H,26,27)/t14-/m1/s1. The molecular weight excluding hydrogens is 396 g/mol. The van der Waals surface area contributed by atoms with Gasteiger partial charge >= 0.3 is 5.97 Å². The third-order valence-corrected chi connectivity index (χ3v) is 5.03. The summed E-state index contributed by atoms with van der Waals surface area (Å²) in [5.74, 6) is -0.595. The summed E-state index contributed by atoms with van der Waals surface area (Å²) in [7, 11) is 3.24. The molecule has 2 N–H and O–H groups in total. The minimum Gasteiger partial charge on any atom is -0.495 e. The van der Waals surface area contributed by atoms with Gasteiger partial charge in [0.1, 0.15) is 16.9 Å². The maximum Gasteiger partial charge on any atom is 0.341 e. The van der Waals surface area contributed by atoms with Crippen molar-refractivity contribution in [1.29, 1.82) is 0 Å². The van der Waals surface area contributed by atoms with E-state index in [-0.39, 0.29) is 0 Å². The number of nitrogens with one attached hydrogen (secondary N) is 2. The van der Waals surface area contributed by atoms with Crippen LogP contribution >= 0.6 is 0 Å². The van der Waals surface area contributed by atoms with Crippen molar-refractivity contribution in [1.82, 2.24) is 0 Å². The van der Waals surface area contributed by atoms with Crippen molar-refractivity contribution in [2.75, 3.05) is 24.8 Å². The highest BCUT2D eigenvalue weighted by molar-refractivity contribution is 6.08. The summed E-state index contributed by atoms with van der Waals surface area (Å²) in [5, 5.41) is 7.54. The minimum atomic E-state index is -1.02. The second-order valence-corrected chi connectivity index (χ2v) is 6.98. The molecule has 0 radical (unpaired) electrons. The lowest BCUT2D eigenvalue weighted by molar-refractivity contribution is -0.123. The van der Waals surface area contributed by atoms with Gasteiger partial charge in [-0.05, 0) is 31.2 Å². The number of fused-ring (bicyclic) bond motifs is 3. The Hall–Kier alpha value is -4.00. The summed E-state index contributed by atoms with van der Waals surface area (Å²) < 4.78 is 16.7. The number of hydrogen-bond donors (Lipinski definition) is 2. The van der Waals surface area contributed by atoms with Gasteiger partial charge < -0.3 is 24.5 Å². The van der Waals surface area contributed by atoms with Gasteiger partial charge in [-0.15, -0.1) is 0 Å². The molecule has 7 heteroatoms. The van der Waals surface area contributed by atoms with E-state index < -0.39 is 18.0 Å². The lowest BCUT2D eigenvalue weighted by Crippen LogP contribution is -2.30.